The van der Waals surface area contributed by atoms with Crippen molar-refractivity contribution in [3.05, 3.63) is 12.7 Å². The van der Waals surface area contributed by atoms with Crippen molar-refractivity contribution in [2.75, 3.05) is 52.0 Å². The van der Waals surface area contributed by atoms with Crippen LogP contribution in [0.3, 0.4) is 0 Å². The SMILES string of the molecule is C=CC(=O)OCCOC(=O)CCCCCOC(C)(C)C(=O)NC1(C)CC(C)(C)CCC1NC(=O)OCCOCCCSOCC. The fraction of sp³-hybridized carbons (Fsp3) is 0.812. The molecule has 2 N–H and O–H groups in total. The Morgan fingerprint density at radius 2 is 1.64 bits per heavy atom. The van der Waals surface area contributed by atoms with Gasteiger partial charge in [-0.15, -0.1) is 0 Å². The molecule has 0 aromatic heterocycles. The van der Waals surface area contributed by atoms with Gasteiger partial charge in [0.25, 0.3) is 5.91 Å². The summed E-state index contributed by atoms with van der Waals surface area (Å²) >= 11 is 1.42. The summed E-state index contributed by atoms with van der Waals surface area (Å²) in [5.74, 6) is -0.345. The molecule has 13 heteroatoms. The zero-order valence-corrected chi connectivity index (χ0v) is 29.0. The molecule has 0 radical (unpaired) electrons. The van der Waals surface area contributed by atoms with Crippen LogP contribution in [0.25, 0.3) is 0 Å². The van der Waals surface area contributed by atoms with E-state index in [-0.39, 0.29) is 49.6 Å². The maximum absolute atomic E-state index is 13.4. The largest absolute Gasteiger partial charge is 0.462 e. The molecule has 1 aliphatic carbocycles. The lowest BCUT2D eigenvalue weighted by molar-refractivity contribution is -0.149. The van der Waals surface area contributed by atoms with Gasteiger partial charge in [-0.3, -0.25) is 9.59 Å². The highest BCUT2D eigenvalue weighted by Crippen LogP contribution is 2.41. The Balaban J connectivity index is 2.45. The van der Waals surface area contributed by atoms with Gasteiger partial charge in [-0.1, -0.05) is 26.8 Å². The van der Waals surface area contributed by atoms with Crippen LogP contribution in [0.4, 0.5) is 4.79 Å². The van der Waals surface area contributed by atoms with Gasteiger partial charge in [0.15, 0.2) is 0 Å². The van der Waals surface area contributed by atoms with Crippen molar-refractivity contribution in [2.45, 2.75) is 110 Å². The van der Waals surface area contributed by atoms with Gasteiger partial charge in [0, 0.05) is 31.5 Å². The van der Waals surface area contributed by atoms with Gasteiger partial charge < -0.3 is 38.5 Å². The number of ether oxygens (including phenoxy) is 5. The summed E-state index contributed by atoms with van der Waals surface area (Å²) in [6.45, 7) is 17.0. The van der Waals surface area contributed by atoms with Crippen LogP contribution >= 0.6 is 12.0 Å². The number of hydrogen-bond acceptors (Lipinski definition) is 11. The van der Waals surface area contributed by atoms with Gasteiger partial charge in [-0.2, -0.15) is 0 Å². The Labute approximate surface area is 273 Å². The zero-order chi connectivity index (χ0) is 33.8. The third kappa shape index (κ3) is 17.8. The number of nitrogens with one attached hydrogen (secondary N) is 2. The van der Waals surface area contributed by atoms with Crippen molar-refractivity contribution < 1.29 is 47.0 Å². The lowest BCUT2D eigenvalue weighted by Crippen LogP contribution is -2.66. The Morgan fingerprint density at radius 3 is 2.36 bits per heavy atom. The predicted molar refractivity (Wildman–Crippen MR) is 173 cm³/mol. The first-order valence-electron chi connectivity index (χ1n) is 15.9. The van der Waals surface area contributed by atoms with E-state index in [4.69, 9.17) is 27.9 Å². The Hall–Kier alpha value is -2.35. The lowest BCUT2D eigenvalue weighted by atomic mass is 9.66. The minimum atomic E-state index is -1.10. The molecule has 1 rings (SSSR count). The molecule has 1 saturated carbocycles. The fourth-order valence-corrected chi connectivity index (χ4v) is 5.56. The first-order valence-corrected chi connectivity index (χ1v) is 16.8. The number of esters is 2. The number of hydrogen-bond donors (Lipinski definition) is 2. The molecule has 0 bridgehead atoms. The third-order valence-corrected chi connectivity index (χ3v) is 8.24. The summed E-state index contributed by atoms with van der Waals surface area (Å²) in [6, 6.07) is -0.317. The molecule has 0 heterocycles. The number of rotatable bonds is 23. The molecule has 260 valence electrons. The summed E-state index contributed by atoms with van der Waals surface area (Å²) in [4.78, 5) is 48.8. The van der Waals surface area contributed by atoms with E-state index < -0.39 is 23.2 Å². The number of carbonyl (C=O) groups is 4. The van der Waals surface area contributed by atoms with E-state index in [9.17, 15) is 19.2 Å². The highest BCUT2D eigenvalue weighted by atomic mass is 32.2. The number of alkyl carbamates (subject to hydrolysis) is 1. The minimum absolute atomic E-state index is 0.00293. The molecule has 0 aromatic rings. The zero-order valence-electron chi connectivity index (χ0n) is 28.2. The monoisotopic (exact) mass is 660 g/mol. The predicted octanol–water partition coefficient (Wildman–Crippen LogP) is 4.89. The van der Waals surface area contributed by atoms with Gasteiger partial charge in [-0.25, -0.2) is 9.59 Å². The maximum atomic E-state index is 13.4. The van der Waals surface area contributed by atoms with E-state index in [0.29, 0.717) is 52.1 Å². The maximum Gasteiger partial charge on any atom is 0.407 e. The summed E-state index contributed by atoms with van der Waals surface area (Å²) < 4.78 is 31.8. The van der Waals surface area contributed by atoms with Crippen molar-refractivity contribution in [3.8, 4) is 0 Å². The Bertz CT molecular complexity index is 930. The quantitative estimate of drug-likeness (QED) is 0.0508. The summed E-state index contributed by atoms with van der Waals surface area (Å²) in [5, 5.41) is 6.16. The van der Waals surface area contributed by atoms with Crippen molar-refractivity contribution in [3.63, 3.8) is 0 Å². The van der Waals surface area contributed by atoms with Crippen LogP contribution < -0.4 is 10.6 Å². The molecule has 0 aromatic carbocycles. The van der Waals surface area contributed by atoms with Crippen molar-refractivity contribution >= 4 is 36.0 Å². The average molecular weight is 661 g/mol. The minimum Gasteiger partial charge on any atom is -0.462 e. The molecule has 0 spiro atoms. The standard InChI is InChI=1S/C32H56N2O10S/c1-8-26(35)40-21-22-41-27(36)14-11-10-12-18-43-31(5,6)28(37)34-32(7)24-30(3,4)16-15-25(32)33-29(38)42-20-19-39-17-13-23-45-44-9-2/h8,25H,1,9-24H2,2-7H3,(H,33,38)(H,34,37). The van der Waals surface area contributed by atoms with Gasteiger partial charge in [0.05, 0.1) is 24.8 Å². The molecule has 2 atom stereocenters. The molecule has 2 amide bonds. The van der Waals surface area contributed by atoms with Gasteiger partial charge in [0.1, 0.15) is 25.4 Å². The molecule has 2 unspecified atom stereocenters. The van der Waals surface area contributed by atoms with Gasteiger partial charge >= 0.3 is 18.0 Å². The van der Waals surface area contributed by atoms with E-state index in [1.807, 2.05) is 13.8 Å². The molecule has 1 fully saturated rings. The Morgan fingerprint density at radius 1 is 0.933 bits per heavy atom. The smallest absolute Gasteiger partial charge is 0.407 e. The molecular formula is C32H56N2O10S. The van der Waals surface area contributed by atoms with Crippen LogP contribution in [0, 0.1) is 5.41 Å². The molecular weight excluding hydrogens is 604 g/mol. The van der Waals surface area contributed by atoms with E-state index >= 15 is 0 Å². The molecule has 1 aliphatic rings. The van der Waals surface area contributed by atoms with Crippen LogP contribution in [-0.2, 0) is 42.3 Å². The van der Waals surface area contributed by atoms with Gasteiger partial charge in [-0.05, 0) is 83.7 Å². The van der Waals surface area contributed by atoms with Crippen molar-refractivity contribution in [1.29, 1.82) is 0 Å². The molecule has 45 heavy (non-hydrogen) atoms. The topological polar surface area (TPSA) is 148 Å². The van der Waals surface area contributed by atoms with E-state index in [0.717, 1.165) is 31.1 Å². The second-order valence-electron chi connectivity index (χ2n) is 12.5. The number of amides is 2. The normalized spacial score (nSPS) is 19.3. The fourth-order valence-electron chi connectivity index (χ4n) is 5.04. The van der Waals surface area contributed by atoms with E-state index in [1.54, 1.807) is 13.8 Å². The molecule has 0 aliphatic heterocycles. The van der Waals surface area contributed by atoms with E-state index in [2.05, 4.69) is 31.1 Å². The second-order valence-corrected chi connectivity index (χ2v) is 13.4. The first-order chi connectivity index (χ1) is 21.2. The van der Waals surface area contributed by atoms with Crippen LogP contribution in [0.1, 0.15) is 92.9 Å². The van der Waals surface area contributed by atoms with Gasteiger partial charge in [0.2, 0.25) is 0 Å². The van der Waals surface area contributed by atoms with Crippen molar-refractivity contribution in [1.82, 2.24) is 10.6 Å². The van der Waals surface area contributed by atoms with E-state index in [1.165, 1.54) is 12.0 Å². The molecule has 0 saturated heterocycles. The lowest BCUT2D eigenvalue weighted by Gasteiger charge is -2.49. The van der Waals surface area contributed by atoms with Crippen LogP contribution in [-0.4, -0.2) is 93.1 Å². The van der Waals surface area contributed by atoms with Crippen LogP contribution in [0.2, 0.25) is 0 Å². The van der Waals surface area contributed by atoms with Crippen molar-refractivity contribution in [2.24, 2.45) is 5.41 Å². The Kier molecular flexibility index (Phi) is 19.4. The van der Waals surface area contributed by atoms with Crippen LogP contribution in [0.5, 0.6) is 0 Å². The summed E-state index contributed by atoms with van der Waals surface area (Å²) in [7, 11) is 0. The third-order valence-electron chi connectivity index (χ3n) is 7.39. The average Bonchev–Trinajstić information content (AvgIpc) is 2.97. The molecule has 12 nitrogen and oxygen atoms in total. The highest BCUT2D eigenvalue weighted by molar-refractivity contribution is 7.94. The summed E-state index contributed by atoms with van der Waals surface area (Å²) in [5.41, 5.74) is -1.84. The highest BCUT2D eigenvalue weighted by Gasteiger charge is 2.47. The van der Waals surface area contributed by atoms with Crippen LogP contribution in [0.15, 0.2) is 12.7 Å². The number of unbranched alkanes of at least 4 members (excludes halogenated alkanes) is 2. The second kappa shape index (κ2) is 21.4. The number of carbonyl (C=O) groups excluding carboxylic acids is 4. The first kappa shape index (κ1) is 40.7. The summed E-state index contributed by atoms with van der Waals surface area (Å²) in [6.07, 6.45) is 5.85.